The zero-order chi connectivity index (χ0) is 23.9. The van der Waals surface area contributed by atoms with Crippen LogP contribution in [0.3, 0.4) is 0 Å². The van der Waals surface area contributed by atoms with E-state index in [9.17, 15) is 0 Å². The zero-order valence-corrected chi connectivity index (χ0v) is 22.1. The van der Waals surface area contributed by atoms with Gasteiger partial charge in [-0.1, -0.05) is 119 Å². The minimum absolute atomic E-state index is 0.192. The van der Waals surface area contributed by atoms with E-state index in [-0.39, 0.29) is 7.92 Å². The molecule has 0 unspecified atom stereocenters. The predicted octanol–water partition coefficient (Wildman–Crippen LogP) is 9.71. The number of hydrogen-bond donors (Lipinski definition) is 0. The first-order valence-corrected chi connectivity index (χ1v) is 15.7. The number of fused-ring (bicyclic) bond motifs is 5. The van der Waals surface area contributed by atoms with Crippen LogP contribution in [0.4, 0.5) is 0 Å². The van der Waals surface area contributed by atoms with Crippen LogP contribution in [0, 0.1) is 0 Å². The van der Waals surface area contributed by atoms with Crippen molar-refractivity contribution in [2.45, 2.75) is 75.5 Å². The molecule has 36 heavy (non-hydrogen) atoms. The van der Waals surface area contributed by atoms with E-state index in [1.165, 1.54) is 102 Å². The molecular formula is C34H36NP. The highest BCUT2D eigenvalue weighted by atomic mass is 31.1. The fourth-order valence-electron chi connectivity index (χ4n) is 7.26. The lowest BCUT2D eigenvalue weighted by Crippen LogP contribution is -2.28. The summed E-state index contributed by atoms with van der Waals surface area (Å²) in [6, 6.07) is 32.2. The van der Waals surface area contributed by atoms with Crippen molar-refractivity contribution in [1.82, 2.24) is 4.57 Å². The largest absolute Gasteiger partial charge is 0.308 e. The molecule has 0 amide bonds. The van der Waals surface area contributed by atoms with Crippen LogP contribution in [0.25, 0.3) is 38.3 Å². The molecule has 1 nitrogen and oxygen atoms in total. The van der Waals surface area contributed by atoms with Crippen molar-refractivity contribution in [2.75, 3.05) is 0 Å². The average molecular weight is 490 g/mol. The van der Waals surface area contributed by atoms with Crippen LogP contribution in [-0.4, -0.2) is 15.9 Å². The molecule has 2 heteroatoms. The Labute approximate surface area is 216 Å². The second-order valence-corrected chi connectivity index (χ2v) is 13.8. The van der Waals surface area contributed by atoms with Gasteiger partial charge >= 0.3 is 0 Å². The maximum atomic E-state index is 2.64. The molecule has 7 rings (SSSR count). The SMILES string of the molecule is c1ccc(P(C2CCCCC2)C2CCCCC2)c(-n2c3ccccc3c3ccc4ccccc4c32)c1. The van der Waals surface area contributed by atoms with Crippen LogP contribution >= 0.6 is 7.92 Å². The molecule has 0 N–H and O–H groups in total. The Morgan fingerprint density at radius 1 is 0.528 bits per heavy atom. The maximum absolute atomic E-state index is 2.64. The van der Waals surface area contributed by atoms with Gasteiger partial charge in [0, 0.05) is 21.5 Å². The van der Waals surface area contributed by atoms with Crippen molar-refractivity contribution < 1.29 is 0 Å². The average Bonchev–Trinajstić information content (AvgIpc) is 3.30. The summed E-state index contributed by atoms with van der Waals surface area (Å²) in [6.45, 7) is 0. The smallest absolute Gasteiger partial charge is 0.0619 e. The van der Waals surface area contributed by atoms with Crippen LogP contribution in [0.1, 0.15) is 64.2 Å². The predicted molar refractivity (Wildman–Crippen MR) is 159 cm³/mol. The van der Waals surface area contributed by atoms with E-state index in [0.29, 0.717) is 0 Å². The lowest BCUT2D eigenvalue weighted by molar-refractivity contribution is 0.487. The van der Waals surface area contributed by atoms with Crippen molar-refractivity contribution in [3.05, 3.63) is 84.9 Å². The summed E-state index contributed by atoms with van der Waals surface area (Å²) in [5.74, 6) is 0. The molecule has 0 saturated heterocycles. The summed E-state index contributed by atoms with van der Waals surface area (Å²) in [4.78, 5) is 0. The number of hydrogen-bond acceptors (Lipinski definition) is 0. The molecule has 1 aromatic heterocycles. The summed E-state index contributed by atoms with van der Waals surface area (Å²) >= 11 is 0. The second kappa shape index (κ2) is 9.68. The number of aromatic nitrogens is 1. The Bertz CT molecular complexity index is 1500. The molecule has 1 heterocycles. The Morgan fingerprint density at radius 2 is 1.14 bits per heavy atom. The van der Waals surface area contributed by atoms with E-state index in [0.717, 1.165) is 11.3 Å². The monoisotopic (exact) mass is 489 g/mol. The Hall–Kier alpha value is -2.63. The first-order chi connectivity index (χ1) is 17.9. The lowest BCUT2D eigenvalue weighted by atomic mass is 9.99. The number of benzene rings is 4. The first kappa shape index (κ1) is 22.6. The van der Waals surface area contributed by atoms with Crippen LogP contribution in [0.2, 0.25) is 0 Å². The zero-order valence-electron chi connectivity index (χ0n) is 21.2. The third-order valence-corrected chi connectivity index (χ3v) is 12.4. The Balaban J connectivity index is 1.51. The Morgan fingerprint density at radius 3 is 1.89 bits per heavy atom. The van der Waals surface area contributed by atoms with Gasteiger partial charge in [0.05, 0.1) is 16.7 Å². The van der Waals surface area contributed by atoms with E-state index >= 15 is 0 Å². The summed E-state index contributed by atoms with van der Waals surface area (Å²) < 4.78 is 2.64. The topological polar surface area (TPSA) is 4.93 Å². The van der Waals surface area contributed by atoms with Gasteiger partial charge in [0.25, 0.3) is 0 Å². The van der Waals surface area contributed by atoms with Crippen molar-refractivity contribution in [2.24, 2.45) is 0 Å². The number of para-hydroxylation sites is 2. The van der Waals surface area contributed by atoms with E-state index in [2.05, 4.69) is 89.5 Å². The minimum Gasteiger partial charge on any atom is -0.308 e. The van der Waals surface area contributed by atoms with Crippen molar-refractivity contribution in [1.29, 1.82) is 0 Å². The standard InChI is InChI=1S/C34H36NP/c1-3-14-26(15-4-1)36(27-16-5-2-6-17-27)33-22-12-11-21-32(33)35-31-20-10-9-19-29(31)30-24-23-25-13-7-8-18-28(25)34(30)35/h7-13,18-24,26-27H,1-6,14-17H2. The molecule has 2 saturated carbocycles. The highest BCUT2D eigenvalue weighted by Crippen LogP contribution is 2.56. The molecule has 0 aliphatic heterocycles. The third-order valence-electron chi connectivity index (χ3n) is 8.90. The van der Waals surface area contributed by atoms with Gasteiger partial charge in [0.2, 0.25) is 0 Å². The molecule has 2 aliphatic rings. The summed E-state index contributed by atoms with van der Waals surface area (Å²) in [6.07, 6.45) is 14.3. The molecule has 0 bridgehead atoms. The van der Waals surface area contributed by atoms with Gasteiger partial charge in [-0.15, -0.1) is 0 Å². The quantitative estimate of drug-likeness (QED) is 0.221. The van der Waals surface area contributed by atoms with Gasteiger partial charge in [0.15, 0.2) is 0 Å². The van der Waals surface area contributed by atoms with Crippen molar-refractivity contribution >= 4 is 45.8 Å². The first-order valence-electron chi connectivity index (χ1n) is 14.2. The van der Waals surface area contributed by atoms with Crippen LogP contribution < -0.4 is 5.30 Å². The number of nitrogens with zero attached hydrogens (tertiary/aromatic N) is 1. The minimum atomic E-state index is -0.192. The molecule has 2 fully saturated rings. The molecule has 0 atom stereocenters. The highest BCUT2D eigenvalue weighted by Gasteiger charge is 2.34. The molecule has 2 aliphatic carbocycles. The normalized spacial score (nSPS) is 18.0. The van der Waals surface area contributed by atoms with Crippen molar-refractivity contribution in [3.8, 4) is 5.69 Å². The second-order valence-electron chi connectivity index (χ2n) is 11.0. The summed E-state index contributed by atoms with van der Waals surface area (Å²) in [5, 5.41) is 7.10. The molecular weight excluding hydrogens is 453 g/mol. The fourth-order valence-corrected chi connectivity index (χ4v) is 11.2. The molecule has 4 aromatic carbocycles. The van der Waals surface area contributed by atoms with Gasteiger partial charge in [0.1, 0.15) is 0 Å². The van der Waals surface area contributed by atoms with Gasteiger partial charge in [-0.2, -0.15) is 0 Å². The molecule has 182 valence electrons. The molecule has 0 spiro atoms. The fraction of sp³-hybridized carbons (Fsp3) is 0.353. The number of rotatable bonds is 4. The van der Waals surface area contributed by atoms with Gasteiger partial charge in [-0.3, -0.25) is 0 Å². The van der Waals surface area contributed by atoms with Gasteiger partial charge in [-0.05, 0) is 54.5 Å². The van der Waals surface area contributed by atoms with E-state index < -0.39 is 0 Å². The highest BCUT2D eigenvalue weighted by molar-refractivity contribution is 7.67. The van der Waals surface area contributed by atoms with Crippen LogP contribution in [-0.2, 0) is 0 Å². The van der Waals surface area contributed by atoms with E-state index in [4.69, 9.17) is 0 Å². The van der Waals surface area contributed by atoms with Gasteiger partial charge < -0.3 is 4.57 Å². The van der Waals surface area contributed by atoms with Crippen molar-refractivity contribution in [3.63, 3.8) is 0 Å². The van der Waals surface area contributed by atoms with E-state index in [1.807, 2.05) is 0 Å². The summed E-state index contributed by atoms with van der Waals surface area (Å²) in [5.41, 5.74) is 5.95. The van der Waals surface area contributed by atoms with Crippen LogP contribution in [0.15, 0.2) is 84.9 Å². The lowest BCUT2D eigenvalue weighted by Gasteiger charge is -2.39. The maximum Gasteiger partial charge on any atom is 0.0619 e. The third kappa shape index (κ3) is 3.79. The Kier molecular flexibility index (Phi) is 6.06. The van der Waals surface area contributed by atoms with Crippen LogP contribution in [0.5, 0.6) is 0 Å². The molecule has 0 radical (unpaired) electrons. The summed E-state index contributed by atoms with van der Waals surface area (Å²) in [7, 11) is -0.192. The van der Waals surface area contributed by atoms with E-state index in [1.54, 1.807) is 5.30 Å². The van der Waals surface area contributed by atoms with Gasteiger partial charge in [-0.25, -0.2) is 0 Å². The molecule has 5 aromatic rings.